The van der Waals surface area contributed by atoms with E-state index in [0.29, 0.717) is 17.1 Å². The van der Waals surface area contributed by atoms with Crippen LogP contribution in [0.1, 0.15) is 38.7 Å². The molecular weight excluding hydrogens is 384 g/mol. The van der Waals surface area contributed by atoms with Crippen LogP contribution in [0.2, 0.25) is 0 Å². The van der Waals surface area contributed by atoms with Crippen LogP contribution >= 0.6 is 0 Å². The fourth-order valence-electron chi connectivity index (χ4n) is 2.70. The second kappa shape index (κ2) is 10.8. The highest BCUT2D eigenvalue weighted by atomic mass is 16.5. The van der Waals surface area contributed by atoms with Gasteiger partial charge in [-0.1, -0.05) is 44.2 Å². The Balaban J connectivity index is 1.90. The van der Waals surface area contributed by atoms with Gasteiger partial charge in [-0.05, 0) is 36.6 Å². The number of ether oxygens (including phenoxy) is 1. The highest BCUT2D eigenvalue weighted by molar-refractivity contribution is 6.39. The third-order valence-electron chi connectivity index (χ3n) is 4.18. The van der Waals surface area contributed by atoms with E-state index < -0.39 is 11.8 Å². The smallest absolute Gasteiger partial charge is 0.329 e. The Kier molecular flexibility index (Phi) is 8.10. The fourth-order valence-corrected chi connectivity index (χ4v) is 2.70. The van der Waals surface area contributed by atoms with Gasteiger partial charge < -0.3 is 15.4 Å². The van der Waals surface area contributed by atoms with Crippen LogP contribution in [0.25, 0.3) is 0 Å². The first-order chi connectivity index (χ1) is 14.3. The van der Waals surface area contributed by atoms with Crippen LogP contribution in [0.5, 0.6) is 5.75 Å². The number of hydrogen-bond donors (Lipinski definition) is 3. The molecule has 0 heterocycles. The first-order valence-corrected chi connectivity index (χ1v) is 9.48. The number of amides is 3. The van der Waals surface area contributed by atoms with Crippen LogP contribution in [0.3, 0.4) is 0 Å². The summed E-state index contributed by atoms with van der Waals surface area (Å²) in [5, 5.41) is 9.14. The maximum atomic E-state index is 12.3. The predicted octanol–water partition coefficient (Wildman–Crippen LogP) is 3.28. The summed E-state index contributed by atoms with van der Waals surface area (Å²) in [5.74, 6) is -1.43. The largest absolute Gasteiger partial charge is 0.495 e. The summed E-state index contributed by atoms with van der Waals surface area (Å²) in [7, 11) is 1.46. The molecule has 2 aromatic rings. The Morgan fingerprint density at radius 1 is 0.933 bits per heavy atom. The third kappa shape index (κ3) is 6.44. The van der Waals surface area contributed by atoms with E-state index >= 15 is 0 Å². The molecule has 158 valence electrons. The van der Waals surface area contributed by atoms with Crippen LogP contribution in [0, 0.1) is 0 Å². The third-order valence-corrected chi connectivity index (χ3v) is 4.18. The van der Waals surface area contributed by atoms with E-state index in [4.69, 9.17) is 4.74 Å². The molecular formula is C22H26N4O4. The van der Waals surface area contributed by atoms with Gasteiger partial charge in [-0.15, -0.1) is 0 Å². The zero-order chi connectivity index (χ0) is 22.1. The molecule has 0 saturated heterocycles. The normalized spacial score (nSPS) is 11.0. The standard InChI is InChI=1S/C22H26N4O4/c1-14(2)16-9-5-6-10-17(16)23-20(27)13-15(3)25-26-22(29)21(28)24-18-11-7-8-12-19(18)30-4/h5-12,14H,13H2,1-4H3,(H,23,27)(H,24,28)(H,26,29)/b25-15+. The van der Waals surface area contributed by atoms with E-state index in [0.717, 1.165) is 11.3 Å². The molecule has 2 aromatic carbocycles. The molecule has 2 rings (SSSR count). The second-order valence-corrected chi connectivity index (χ2v) is 6.91. The lowest BCUT2D eigenvalue weighted by Gasteiger charge is -2.13. The topological polar surface area (TPSA) is 109 Å². The highest BCUT2D eigenvalue weighted by Gasteiger charge is 2.16. The number of carbonyl (C=O) groups is 3. The molecule has 0 aliphatic heterocycles. The van der Waals surface area contributed by atoms with Crippen LogP contribution in [-0.4, -0.2) is 30.5 Å². The van der Waals surface area contributed by atoms with Gasteiger partial charge in [-0.25, -0.2) is 5.43 Å². The lowest BCUT2D eigenvalue weighted by atomic mass is 10.0. The summed E-state index contributed by atoms with van der Waals surface area (Å²) in [6.07, 6.45) is -0.0269. The maximum absolute atomic E-state index is 12.3. The number of para-hydroxylation sites is 3. The van der Waals surface area contributed by atoms with Crippen LogP contribution in [-0.2, 0) is 14.4 Å². The Morgan fingerprint density at radius 2 is 1.57 bits per heavy atom. The molecule has 8 nitrogen and oxygen atoms in total. The van der Waals surface area contributed by atoms with Gasteiger partial charge in [0.2, 0.25) is 5.91 Å². The molecule has 0 atom stereocenters. The van der Waals surface area contributed by atoms with Crippen LogP contribution < -0.4 is 20.8 Å². The van der Waals surface area contributed by atoms with Crippen molar-refractivity contribution in [1.82, 2.24) is 5.43 Å². The molecule has 30 heavy (non-hydrogen) atoms. The number of methoxy groups -OCH3 is 1. The second-order valence-electron chi connectivity index (χ2n) is 6.91. The number of nitrogens with one attached hydrogen (secondary N) is 3. The molecule has 0 fully saturated rings. The van der Waals surface area contributed by atoms with E-state index in [9.17, 15) is 14.4 Å². The van der Waals surface area contributed by atoms with Crippen molar-refractivity contribution in [3.05, 3.63) is 54.1 Å². The van der Waals surface area contributed by atoms with Crippen molar-refractivity contribution in [2.45, 2.75) is 33.1 Å². The average molecular weight is 410 g/mol. The van der Waals surface area contributed by atoms with Gasteiger partial charge in [0.1, 0.15) is 5.75 Å². The summed E-state index contributed by atoms with van der Waals surface area (Å²) >= 11 is 0. The molecule has 3 amide bonds. The molecule has 0 bridgehead atoms. The van der Waals surface area contributed by atoms with Gasteiger partial charge >= 0.3 is 11.8 Å². The number of rotatable bonds is 7. The SMILES string of the molecule is COc1ccccc1NC(=O)C(=O)N/N=C(\C)CC(=O)Nc1ccccc1C(C)C. The van der Waals surface area contributed by atoms with E-state index in [2.05, 4.69) is 21.2 Å². The number of hydrazone groups is 1. The molecule has 0 radical (unpaired) electrons. The molecule has 0 aromatic heterocycles. The van der Waals surface area contributed by atoms with Gasteiger partial charge in [0, 0.05) is 11.4 Å². The molecule has 3 N–H and O–H groups in total. The van der Waals surface area contributed by atoms with Crippen LogP contribution in [0.4, 0.5) is 11.4 Å². The van der Waals surface area contributed by atoms with Gasteiger partial charge in [0.15, 0.2) is 0 Å². The number of nitrogens with zero attached hydrogens (tertiary/aromatic N) is 1. The number of anilines is 2. The molecule has 0 unspecified atom stereocenters. The van der Waals surface area contributed by atoms with E-state index in [1.54, 1.807) is 31.2 Å². The van der Waals surface area contributed by atoms with Crippen molar-refractivity contribution in [2.24, 2.45) is 5.10 Å². The molecule has 0 spiro atoms. The Labute approximate surface area is 175 Å². The van der Waals surface area contributed by atoms with Gasteiger partial charge in [0.25, 0.3) is 0 Å². The summed E-state index contributed by atoms with van der Waals surface area (Å²) in [5.41, 5.74) is 4.65. The van der Waals surface area contributed by atoms with E-state index in [1.807, 2.05) is 38.1 Å². The van der Waals surface area contributed by atoms with Gasteiger partial charge in [-0.2, -0.15) is 5.10 Å². The van der Waals surface area contributed by atoms with Crippen LogP contribution in [0.15, 0.2) is 53.6 Å². The molecule has 0 aliphatic carbocycles. The first kappa shape index (κ1) is 22.6. The molecule has 0 aliphatic rings. The summed E-state index contributed by atoms with van der Waals surface area (Å²) < 4.78 is 5.12. The van der Waals surface area contributed by atoms with Gasteiger partial charge in [-0.3, -0.25) is 14.4 Å². The van der Waals surface area contributed by atoms with E-state index in [-0.39, 0.29) is 18.2 Å². The average Bonchev–Trinajstić information content (AvgIpc) is 2.72. The Hall–Kier alpha value is -3.68. The predicted molar refractivity (Wildman–Crippen MR) is 117 cm³/mol. The van der Waals surface area contributed by atoms with Crippen molar-refractivity contribution >= 4 is 34.8 Å². The molecule has 8 heteroatoms. The zero-order valence-electron chi connectivity index (χ0n) is 17.5. The highest BCUT2D eigenvalue weighted by Crippen LogP contribution is 2.24. The zero-order valence-corrected chi connectivity index (χ0v) is 17.5. The summed E-state index contributed by atoms with van der Waals surface area (Å²) in [6, 6.07) is 14.3. The lowest BCUT2D eigenvalue weighted by Crippen LogP contribution is -2.33. The number of benzene rings is 2. The first-order valence-electron chi connectivity index (χ1n) is 9.48. The number of hydrogen-bond acceptors (Lipinski definition) is 5. The summed E-state index contributed by atoms with van der Waals surface area (Å²) in [6.45, 7) is 5.68. The van der Waals surface area contributed by atoms with Crippen molar-refractivity contribution in [1.29, 1.82) is 0 Å². The Bertz CT molecular complexity index is 954. The minimum atomic E-state index is -0.953. The maximum Gasteiger partial charge on any atom is 0.329 e. The van der Waals surface area contributed by atoms with Crippen molar-refractivity contribution < 1.29 is 19.1 Å². The van der Waals surface area contributed by atoms with E-state index in [1.165, 1.54) is 7.11 Å². The Morgan fingerprint density at radius 3 is 2.23 bits per heavy atom. The quantitative estimate of drug-likeness (QED) is 0.370. The minimum absolute atomic E-state index is 0.0269. The fraction of sp³-hybridized carbons (Fsp3) is 0.273. The lowest BCUT2D eigenvalue weighted by molar-refractivity contribution is -0.136. The minimum Gasteiger partial charge on any atom is -0.495 e. The summed E-state index contributed by atoms with van der Waals surface area (Å²) in [4.78, 5) is 36.3. The monoisotopic (exact) mass is 410 g/mol. The number of carbonyl (C=O) groups excluding carboxylic acids is 3. The molecule has 0 saturated carbocycles. The van der Waals surface area contributed by atoms with Gasteiger partial charge in [0.05, 0.1) is 19.2 Å². The van der Waals surface area contributed by atoms with Crippen molar-refractivity contribution in [3.63, 3.8) is 0 Å². The van der Waals surface area contributed by atoms with Crippen molar-refractivity contribution in [3.8, 4) is 5.75 Å². The van der Waals surface area contributed by atoms with Crippen molar-refractivity contribution in [2.75, 3.05) is 17.7 Å².